The first-order valence-corrected chi connectivity index (χ1v) is 10.9. The highest BCUT2D eigenvalue weighted by Crippen LogP contribution is 2.30. The normalized spacial score (nSPS) is 20.2. The average molecular weight is 390 g/mol. The highest BCUT2D eigenvalue weighted by atomic mass is 32.2. The monoisotopic (exact) mass is 390 g/mol. The van der Waals surface area contributed by atoms with E-state index in [1.165, 1.54) is 9.21 Å². The van der Waals surface area contributed by atoms with E-state index in [2.05, 4.69) is 0 Å². The number of amides is 2. The smallest absolute Gasteiger partial charge is 0.273 e. The number of sulfonamides is 1. The minimum absolute atomic E-state index is 0.171. The molecule has 0 unspecified atom stereocenters. The van der Waals surface area contributed by atoms with Crippen LogP contribution >= 0.6 is 11.8 Å². The van der Waals surface area contributed by atoms with Crippen LogP contribution in [0.3, 0.4) is 0 Å². The maximum atomic E-state index is 13.1. The van der Waals surface area contributed by atoms with E-state index in [0.29, 0.717) is 36.2 Å². The molecule has 0 radical (unpaired) electrons. The molecule has 4 rings (SSSR count). The zero-order chi connectivity index (χ0) is 18.3. The number of thioether (sulfide) groups is 1. The number of fused-ring (bicyclic) bond motifs is 1. The van der Waals surface area contributed by atoms with Crippen molar-refractivity contribution in [1.29, 1.82) is 0 Å². The Hall–Kier alpha value is -1.90. The van der Waals surface area contributed by atoms with Crippen molar-refractivity contribution in [2.45, 2.75) is 23.8 Å². The Labute approximate surface area is 156 Å². The quantitative estimate of drug-likeness (QED) is 0.806. The van der Waals surface area contributed by atoms with Gasteiger partial charge in [-0.1, -0.05) is 48.2 Å². The van der Waals surface area contributed by atoms with Crippen LogP contribution in [0.4, 0.5) is 4.79 Å². The summed E-state index contributed by atoms with van der Waals surface area (Å²) >= 11 is 1.02. The third kappa shape index (κ3) is 2.91. The van der Waals surface area contributed by atoms with E-state index in [1.807, 2.05) is 30.3 Å². The maximum Gasteiger partial charge on any atom is 0.289 e. The summed E-state index contributed by atoms with van der Waals surface area (Å²) < 4.78 is 27.7. The predicted molar refractivity (Wildman–Crippen MR) is 100 cm³/mol. The van der Waals surface area contributed by atoms with E-state index in [1.54, 1.807) is 12.1 Å². The lowest BCUT2D eigenvalue weighted by Gasteiger charge is -2.34. The van der Waals surface area contributed by atoms with E-state index < -0.39 is 10.0 Å². The minimum atomic E-state index is -3.62. The molecule has 0 aromatic heterocycles. The van der Waals surface area contributed by atoms with Crippen LogP contribution in [0.1, 0.15) is 12.8 Å². The number of benzene rings is 2. The third-order valence-corrected chi connectivity index (χ3v) is 7.73. The second-order valence-electron chi connectivity index (χ2n) is 6.43. The molecule has 6 nitrogen and oxygen atoms in total. The lowest BCUT2D eigenvalue weighted by Crippen LogP contribution is -2.48. The second kappa shape index (κ2) is 6.68. The largest absolute Gasteiger partial charge is 0.289 e. The topological polar surface area (TPSA) is 74.8 Å². The number of imide groups is 1. The molecule has 0 N–H and O–H groups in total. The molecule has 2 aliphatic heterocycles. The number of carbonyl (C=O) groups excluding carboxylic acids is 2. The molecule has 0 saturated carbocycles. The molecule has 2 aromatic carbocycles. The number of hydrogen-bond donors (Lipinski definition) is 0. The minimum Gasteiger partial charge on any atom is -0.273 e. The van der Waals surface area contributed by atoms with Crippen LogP contribution in [-0.4, -0.2) is 53.7 Å². The van der Waals surface area contributed by atoms with Gasteiger partial charge >= 0.3 is 0 Å². The predicted octanol–water partition coefficient (Wildman–Crippen LogP) is 2.69. The summed E-state index contributed by atoms with van der Waals surface area (Å²) in [6, 6.07) is 12.5. The Morgan fingerprint density at radius 2 is 1.65 bits per heavy atom. The highest BCUT2D eigenvalue weighted by molar-refractivity contribution is 8.14. The summed E-state index contributed by atoms with van der Waals surface area (Å²) in [7, 11) is -3.62. The molecule has 0 aliphatic carbocycles. The Morgan fingerprint density at radius 1 is 0.962 bits per heavy atom. The van der Waals surface area contributed by atoms with E-state index in [4.69, 9.17) is 0 Å². The summed E-state index contributed by atoms with van der Waals surface area (Å²) in [4.78, 5) is 25.4. The van der Waals surface area contributed by atoms with Gasteiger partial charge in [0.15, 0.2) is 0 Å². The molecule has 0 atom stereocenters. The van der Waals surface area contributed by atoms with Crippen LogP contribution in [0.2, 0.25) is 0 Å². The molecular weight excluding hydrogens is 372 g/mol. The van der Waals surface area contributed by atoms with Gasteiger partial charge in [0.25, 0.3) is 5.24 Å². The van der Waals surface area contributed by atoms with Crippen molar-refractivity contribution in [3.05, 3.63) is 42.5 Å². The van der Waals surface area contributed by atoms with Crippen LogP contribution in [0, 0.1) is 0 Å². The molecule has 0 spiro atoms. The molecule has 2 fully saturated rings. The Kier molecular flexibility index (Phi) is 4.50. The lowest BCUT2D eigenvalue weighted by atomic mass is 10.1. The standard InChI is InChI=1S/C18H18N2O4S2/c21-17-12-25-18(22)20(17)14-8-10-19(11-9-14)26(23,24)16-7-3-5-13-4-1-2-6-15(13)16/h1-7,14H,8-12H2. The number of carbonyl (C=O) groups is 2. The van der Waals surface area contributed by atoms with Crippen LogP contribution < -0.4 is 0 Å². The zero-order valence-electron chi connectivity index (χ0n) is 14.0. The molecule has 2 aromatic rings. The van der Waals surface area contributed by atoms with Gasteiger partial charge in [-0.15, -0.1) is 0 Å². The van der Waals surface area contributed by atoms with Crippen LogP contribution in [-0.2, 0) is 14.8 Å². The molecule has 2 heterocycles. The van der Waals surface area contributed by atoms with Gasteiger partial charge in [0.2, 0.25) is 15.9 Å². The van der Waals surface area contributed by atoms with Crippen LogP contribution in [0.25, 0.3) is 10.8 Å². The Bertz CT molecular complexity index is 960. The van der Waals surface area contributed by atoms with Gasteiger partial charge in [-0.3, -0.25) is 14.5 Å². The van der Waals surface area contributed by atoms with Gasteiger partial charge in [-0.2, -0.15) is 4.31 Å². The van der Waals surface area contributed by atoms with Crippen LogP contribution in [0.15, 0.2) is 47.4 Å². The van der Waals surface area contributed by atoms with Crippen LogP contribution in [0.5, 0.6) is 0 Å². The number of rotatable bonds is 3. The zero-order valence-corrected chi connectivity index (χ0v) is 15.6. The molecule has 136 valence electrons. The van der Waals surface area contributed by atoms with Crippen molar-refractivity contribution in [3.8, 4) is 0 Å². The van der Waals surface area contributed by atoms with Crippen molar-refractivity contribution in [2.75, 3.05) is 18.8 Å². The third-order valence-electron chi connectivity index (χ3n) is 4.94. The van der Waals surface area contributed by atoms with E-state index >= 15 is 0 Å². The summed E-state index contributed by atoms with van der Waals surface area (Å²) in [6.45, 7) is 0.607. The first-order valence-electron chi connectivity index (χ1n) is 8.45. The second-order valence-corrected chi connectivity index (χ2v) is 9.26. The molecule has 0 bridgehead atoms. The summed E-state index contributed by atoms with van der Waals surface area (Å²) in [5, 5.41) is 1.37. The van der Waals surface area contributed by atoms with Gasteiger partial charge < -0.3 is 0 Å². The van der Waals surface area contributed by atoms with Gasteiger partial charge in [0.1, 0.15) is 0 Å². The lowest BCUT2D eigenvalue weighted by molar-refractivity contribution is -0.126. The van der Waals surface area contributed by atoms with Crippen molar-refractivity contribution in [3.63, 3.8) is 0 Å². The summed E-state index contributed by atoms with van der Waals surface area (Å²) in [5.41, 5.74) is 0. The SMILES string of the molecule is O=C1CSC(=O)N1C1CCN(S(=O)(=O)c2cccc3ccccc23)CC1. The highest BCUT2D eigenvalue weighted by Gasteiger charge is 2.39. The van der Waals surface area contributed by atoms with E-state index in [-0.39, 0.29) is 22.9 Å². The van der Waals surface area contributed by atoms with Crippen molar-refractivity contribution < 1.29 is 18.0 Å². The first-order chi connectivity index (χ1) is 12.5. The van der Waals surface area contributed by atoms with Gasteiger partial charge in [0.05, 0.1) is 10.6 Å². The number of nitrogens with zero attached hydrogens (tertiary/aromatic N) is 2. The molecule has 8 heteroatoms. The van der Waals surface area contributed by atoms with Gasteiger partial charge in [-0.05, 0) is 24.3 Å². The van der Waals surface area contributed by atoms with E-state index in [9.17, 15) is 18.0 Å². The fraction of sp³-hybridized carbons (Fsp3) is 0.333. The first kappa shape index (κ1) is 17.5. The molecule has 2 saturated heterocycles. The molecule has 2 aliphatic rings. The average Bonchev–Trinajstić information content (AvgIpc) is 2.99. The van der Waals surface area contributed by atoms with Crippen molar-refractivity contribution in [1.82, 2.24) is 9.21 Å². The Morgan fingerprint density at radius 3 is 2.35 bits per heavy atom. The van der Waals surface area contributed by atoms with Crippen molar-refractivity contribution in [2.24, 2.45) is 0 Å². The van der Waals surface area contributed by atoms with Crippen molar-refractivity contribution >= 4 is 43.7 Å². The van der Waals surface area contributed by atoms with Gasteiger partial charge in [-0.25, -0.2) is 8.42 Å². The maximum absolute atomic E-state index is 13.1. The number of piperidine rings is 1. The Balaban J connectivity index is 1.57. The fourth-order valence-corrected chi connectivity index (χ4v) is 6.08. The van der Waals surface area contributed by atoms with Gasteiger partial charge in [0, 0.05) is 24.5 Å². The summed E-state index contributed by atoms with van der Waals surface area (Å²) in [6.07, 6.45) is 0.948. The molecular formula is C18H18N2O4S2. The number of hydrogen-bond acceptors (Lipinski definition) is 5. The molecule has 26 heavy (non-hydrogen) atoms. The fourth-order valence-electron chi connectivity index (χ4n) is 3.62. The summed E-state index contributed by atoms with van der Waals surface area (Å²) in [5.74, 6) is 0.0169. The molecule has 2 amide bonds. The van der Waals surface area contributed by atoms with E-state index in [0.717, 1.165) is 17.1 Å².